The van der Waals surface area contributed by atoms with Crippen LogP contribution >= 0.6 is 0 Å². The largest absolute Gasteiger partial charge is 0.479 e. The molecule has 0 spiro atoms. The maximum Gasteiger partial charge on any atom is 0.408 e. The number of carbonyl (C=O) groups excluding carboxylic acids is 1. The zero-order chi connectivity index (χ0) is 15.1. The van der Waals surface area contributed by atoms with Crippen LogP contribution in [-0.2, 0) is 9.53 Å². The molecule has 0 aliphatic heterocycles. The zero-order valence-corrected chi connectivity index (χ0v) is 11.9. The SMILES string of the molecule is CCCCC(CC#N)(NC(=O)OC(C)(C)C)C(=O)O. The van der Waals surface area contributed by atoms with Crippen LogP contribution in [0.2, 0.25) is 0 Å². The van der Waals surface area contributed by atoms with Crippen LogP contribution < -0.4 is 5.32 Å². The summed E-state index contributed by atoms with van der Waals surface area (Å²) in [6, 6.07) is 1.82. The molecule has 0 aromatic rings. The molecule has 2 N–H and O–H groups in total. The predicted octanol–water partition coefficient (Wildman–Crippen LogP) is 2.44. The van der Waals surface area contributed by atoms with Crippen molar-refractivity contribution in [3.63, 3.8) is 0 Å². The minimum Gasteiger partial charge on any atom is -0.479 e. The number of rotatable bonds is 6. The van der Waals surface area contributed by atoms with Gasteiger partial charge in [0.25, 0.3) is 0 Å². The van der Waals surface area contributed by atoms with E-state index in [1.54, 1.807) is 20.8 Å². The molecule has 6 nitrogen and oxygen atoms in total. The van der Waals surface area contributed by atoms with Gasteiger partial charge < -0.3 is 15.2 Å². The molecule has 0 saturated carbocycles. The van der Waals surface area contributed by atoms with E-state index < -0.39 is 23.2 Å². The first kappa shape index (κ1) is 17.2. The van der Waals surface area contributed by atoms with E-state index >= 15 is 0 Å². The molecular formula is C13H22N2O4. The second-order valence-electron chi connectivity index (χ2n) is 5.45. The van der Waals surface area contributed by atoms with Gasteiger partial charge in [-0.05, 0) is 27.2 Å². The molecule has 0 radical (unpaired) electrons. The van der Waals surface area contributed by atoms with Crippen molar-refractivity contribution in [1.29, 1.82) is 5.26 Å². The topological polar surface area (TPSA) is 99.4 Å². The van der Waals surface area contributed by atoms with Crippen molar-refractivity contribution in [2.24, 2.45) is 0 Å². The zero-order valence-electron chi connectivity index (χ0n) is 11.9. The normalized spacial score (nSPS) is 14.1. The number of hydrogen-bond donors (Lipinski definition) is 2. The highest BCUT2D eigenvalue weighted by atomic mass is 16.6. The molecule has 0 rings (SSSR count). The molecule has 1 unspecified atom stereocenters. The molecule has 1 amide bonds. The molecular weight excluding hydrogens is 248 g/mol. The number of amides is 1. The summed E-state index contributed by atoms with van der Waals surface area (Å²) in [5, 5.41) is 20.4. The van der Waals surface area contributed by atoms with Crippen LogP contribution in [0.25, 0.3) is 0 Å². The smallest absolute Gasteiger partial charge is 0.408 e. The average Bonchev–Trinajstić information content (AvgIpc) is 2.23. The number of nitrogens with one attached hydrogen (secondary N) is 1. The van der Waals surface area contributed by atoms with Gasteiger partial charge in [-0.15, -0.1) is 0 Å². The van der Waals surface area contributed by atoms with Gasteiger partial charge in [-0.1, -0.05) is 19.8 Å². The van der Waals surface area contributed by atoms with Crippen molar-refractivity contribution in [2.45, 2.75) is 64.5 Å². The molecule has 0 bridgehead atoms. The summed E-state index contributed by atoms with van der Waals surface area (Å²) >= 11 is 0. The third-order valence-corrected chi connectivity index (χ3v) is 2.49. The van der Waals surface area contributed by atoms with E-state index in [0.717, 1.165) is 6.42 Å². The number of nitrogens with zero attached hydrogens (tertiary/aromatic N) is 1. The molecule has 0 saturated heterocycles. The van der Waals surface area contributed by atoms with E-state index in [9.17, 15) is 14.7 Å². The van der Waals surface area contributed by atoms with Gasteiger partial charge in [0.2, 0.25) is 0 Å². The van der Waals surface area contributed by atoms with E-state index in [-0.39, 0.29) is 12.8 Å². The molecule has 6 heteroatoms. The first-order valence-corrected chi connectivity index (χ1v) is 6.28. The monoisotopic (exact) mass is 270 g/mol. The highest BCUT2D eigenvalue weighted by molar-refractivity contribution is 5.84. The molecule has 19 heavy (non-hydrogen) atoms. The van der Waals surface area contributed by atoms with Crippen molar-refractivity contribution >= 4 is 12.1 Å². The van der Waals surface area contributed by atoms with Crippen LogP contribution in [-0.4, -0.2) is 28.3 Å². The summed E-state index contributed by atoms with van der Waals surface area (Å²) in [5.74, 6) is -1.21. The molecule has 108 valence electrons. The van der Waals surface area contributed by atoms with Gasteiger partial charge in [0.1, 0.15) is 5.60 Å². The molecule has 1 atom stereocenters. The minimum absolute atomic E-state index is 0.200. The van der Waals surface area contributed by atoms with Gasteiger partial charge in [-0.25, -0.2) is 9.59 Å². The van der Waals surface area contributed by atoms with Crippen LogP contribution in [0, 0.1) is 11.3 Å². The summed E-state index contributed by atoms with van der Waals surface area (Å²) in [5.41, 5.74) is -2.29. The molecule has 0 aliphatic rings. The Kier molecular flexibility index (Phi) is 6.33. The summed E-state index contributed by atoms with van der Waals surface area (Å²) in [7, 11) is 0. The Labute approximate surface area is 113 Å². The Hall–Kier alpha value is -1.77. The van der Waals surface area contributed by atoms with Gasteiger partial charge in [-0.2, -0.15) is 5.26 Å². The van der Waals surface area contributed by atoms with Crippen LogP contribution in [0.3, 0.4) is 0 Å². The second-order valence-corrected chi connectivity index (χ2v) is 5.45. The summed E-state index contributed by atoms with van der Waals surface area (Å²) < 4.78 is 5.05. The van der Waals surface area contributed by atoms with E-state index in [0.29, 0.717) is 6.42 Å². The number of alkyl carbamates (subject to hydrolysis) is 1. The molecule has 0 aromatic carbocycles. The van der Waals surface area contributed by atoms with E-state index in [2.05, 4.69) is 5.32 Å². The standard InChI is InChI=1S/C13H22N2O4/c1-5-6-7-13(8-9-14,10(16)17)15-11(18)19-12(2,3)4/h5-8H2,1-4H3,(H,15,18)(H,16,17). The lowest BCUT2D eigenvalue weighted by Gasteiger charge is -2.29. The highest BCUT2D eigenvalue weighted by Gasteiger charge is 2.40. The fraction of sp³-hybridized carbons (Fsp3) is 0.769. The molecule has 0 aliphatic carbocycles. The Balaban J connectivity index is 4.98. The van der Waals surface area contributed by atoms with Crippen LogP contribution in [0.4, 0.5) is 4.79 Å². The summed E-state index contributed by atoms with van der Waals surface area (Å²) in [6.07, 6.45) is 0.467. The number of carbonyl (C=O) groups is 2. The molecule has 0 aromatic heterocycles. The van der Waals surface area contributed by atoms with E-state index in [4.69, 9.17) is 10.00 Å². The number of carboxylic acids is 1. The highest BCUT2D eigenvalue weighted by Crippen LogP contribution is 2.20. The van der Waals surface area contributed by atoms with Crippen LogP contribution in [0.1, 0.15) is 53.4 Å². The van der Waals surface area contributed by atoms with Crippen molar-refractivity contribution in [3.05, 3.63) is 0 Å². The van der Waals surface area contributed by atoms with E-state index in [1.807, 2.05) is 13.0 Å². The lowest BCUT2D eigenvalue weighted by molar-refractivity contribution is -0.145. The van der Waals surface area contributed by atoms with Gasteiger partial charge in [0.05, 0.1) is 12.5 Å². The van der Waals surface area contributed by atoms with E-state index in [1.165, 1.54) is 0 Å². The lowest BCUT2D eigenvalue weighted by Crippen LogP contribution is -2.55. The Bertz CT molecular complexity index is 368. The van der Waals surface area contributed by atoms with Crippen molar-refractivity contribution in [2.75, 3.05) is 0 Å². The maximum absolute atomic E-state index is 11.7. The third-order valence-electron chi connectivity index (χ3n) is 2.49. The lowest BCUT2D eigenvalue weighted by atomic mass is 9.89. The number of unbranched alkanes of at least 4 members (excludes halogenated alkanes) is 1. The van der Waals surface area contributed by atoms with Crippen molar-refractivity contribution in [3.8, 4) is 6.07 Å². The quantitative estimate of drug-likeness (QED) is 0.772. The van der Waals surface area contributed by atoms with Gasteiger partial charge in [-0.3, -0.25) is 0 Å². The van der Waals surface area contributed by atoms with Gasteiger partial charge in [0.15, 0.2) is 5.54 Å². The third kappa shape index (κ3) is 6.09. The maximum atomic E-state index is 11.7. The number of carboxylic acid groups (broad SMARTS) is 1. The summed E-state index contributed by atoms with van der Waals surface area (Å²) in [4.78, 5) is 23.1. The predicted molar refractivity (Wildman–Crippen MR) is 69.5 cm³/mol. The molecule has 0 heterocycles. The number of nitriles is 1. The number of aliphatic carboxylic acids is 1. The van der Waals surface area contributed by atoms with Crippen LogP contribution in [0.15, 0.2) is 0 Å². The van der Waals surface area contributed by atoms with Crippen molar-refractivity contribution in [1.82, 2.24) is 5.32 Å². The number of hydrogen-bond acceptors (Lipinski definition) is 4. The fourth-order valence-corrected chi connectivity index (χ4v) is 1.54. The fourth-order valence-electron chi connectivity index (χ4n) is 1.54. The van der Waals surface area contributed by atoms with Crippen LogP contribution in [0.5, 0.6) is 0 Å². The first-order chi connectivity index (χ1) is 8.67. The Morgan fingerprint density at radius 2 is 1.95 bits per heavy atom. The Morgan fingerprint density at radius 1 is 1.37 bits per heavy atom. The average molecular weight is 270 g/mol. The Morgan fingerprint density at radius 3 is 2.32 bits per heavy atom. The van der Waals surface area contributed by atoms with Gasteiger partial charge >= 0.3 is 12.1 Å². The summed E-state index contributed by atoms with van der Waals surface area (Å²) in [6.45, 7) is 6.97. The van der Waals surface area contributed by atoms with Crippen molar-refractivity contribution < 1.29 is 19.4 Å². The first-order valence-electron chi connectivity index (χ1n) is 6.28. The van der Waals surface area contributed by atoms with Gasteiger partial charge in [0, 0.05) is 0 Å². The molecule has 0 fully saturated rings. The number of ether oxygens (including phenoxy) is 1. The second kappa shape index (κ2) is 6.98. The minimum atomic E-state index is -1.58.